The third-order valence-corrected chi connectivity index (χ3v) is 5.75. The molecule has 35 heavy (non-hydrogen) atoms. The van der Waals surface area contributed by atoms with Crippen LogP contribution >= 0.6 is 7.82 Å². The third-order valence-electron chi connectivity index (χ3n) is 4.74. The lowest BCUT2D eigenvalue weighted by Crippen LogP contribution is -2.13. The largest absolute Gasteiger partial charge is 0.472 e. The Bertz CT molecular complexity index is 420. The summed E-state index contributed by atoms with van der Waals surface area (Å²) >= 11 is 0. The minimum Gasteiger partial charge on any atom is -0.379 e. The average Bonchev–Trinajstić information content (AvgIpc) is 2.84. The summed E-state index contributed by atoms with van der Waals surface area (Å²) in [5.74, 6) is 0. The molecule has 0 heterocycles. The second-order valence-electron chi connectivity index (χ2n) is 7.93. The van der Waals surface area contributed by atoms with Gasteiger partial charge in [0.15, 0.2) is 0 Å². The van der Waals surface area contributed by atoms with Crippen molar-refractivity contribution in [2.75, 3.05) is 92.5 Å². The van der Waals surface area contributed by atoms with Crippen molar-refractivity contribution in [1.29, 1.82) is 0 Å². The Labute approximate surface area is 212 Å². The highest BCUT2D eigenvalue weighted by Gasteiger charge is 2.20. The molecule has 0 radical (unpaired) electrons. The summed E-state index contributed by atoms with van der Waals surface area (Å²) in [5, 5.41) is 0. The van der Waals surface area contributed by atoms with E-state index in [2.05, 4.69) is 13.8 Å². The first-order chi connectivity index (χ1) is 17.1. The van der Waals surface area contributed by atoms with Gasteiger partial charge in [0, 0.05) is 13.2 Å². The lowest BCUT2D eigenvalue weighted by Gasteiger charge is -2.12. The number of phosphoric acid groups is 1. The van der Waals surface area contributed by atoms with Gasteiger partial charge in [-0.25, -0.2) is 4.57 Å². The van der Waals surface area contributed by atoms with Crippen LogP contribution in [0.2, 0.25) is 0 Å². The molecule has 11 heteroatoms. The summed E-state index contributed by atoms with van der Waals surface area (Å²) in [6, 6.07) is 0. The molecule has 0 aliphatic carbocycles. The lowest BCUT2D eigenvalue weighted by molar-refractivity contribution is 0.000944. The van der Waals surface area contributed by atoms with Gasteiger partial charge < -0.3 is 33.3 Å². The van der Waals surface area contributed by atoms with Gasteiger partial charge in [-0.2, -0.15) is 0 Å². The van der Waals surface area contributed by atoms with Crippen LogP contribution in [-0.4, -0.2) is 97.4 Å². The third kappa shape index (κ3) is 30.0. The monoisotopic (exact) mass is 530 g/mol. The number of rotatable bonds is 30. The SMILES string of the molecule is CCCCCCOCCOCCOCCOP(=O)(O)OCCOCCOCCOCCCCCC. The van der Waals surface area contributed by atoms with Crippen LogP contribution in [0.1, 0.15) is 65.2 Å². The molecule has 0 aliphatic rings. The van der Waals surface area contributed by atoms with Crippen molar-refractivity contribution < 1.29 is 46.9 Å². The van der Waals surface area contributed by atoms with Crippen molar-refractivity contribution >= 4 is 7.82 Å². The predicted octanol–water partition coefficient (Wildman–Crippen LogP) is 4.38. The summed E-state index contributed by atoms with van der Waals surface area (Å²) < 4.78 is 53.8. The molecule has 0 saturated heterocycles. The van der Waals surface area contributed by atoms with Crippen LogP contribution in [0.25, 0.3) is 0 Å². The summed E-state index contributed by atoms with van der Waals surface area (Å²) in [4.78, 5) is 9.62. The molecular formula is C24H51O10P. The minimum absolute atomic E-state index is 0.0516. The van der Waals surface area contributed by atoms with Gasteiger partial charge in [-0.1, -0.05) is 52.4 Å². The highest BCUT2D eigenvalue weighted by molar-refractivity contribution is 7.47. The molecule has 0 rings (SSSR count). The zero-order valence-corrected chi connectivity index (χ0v) is 23.0. The summed E-state index contributed by atoms with van der Waals surface area (Å²) in [5.41, 5.74) is 0. The van der Waals surface area contributed by atoms with E-state index in [1.54, 1.807) is 0 Å². The maximum absolute atomic E-state index is 11.8. The Morgan fingerprint density at radius 2 is 0.714 bits per heavy atom. The van der Waals surface area contributed by atoms with Crippen molar-refractivity contribution in [2.45, 2.75) is 65.2 Å². The first-order valence-electron chi connectivity index (χ1n) is 13.2. The van der Waals surface area contributed by atoms with Gasteiger partial charge in [-0.3, -0.25) is 9.05 Å². The zero-order chi connectivity index (χ0) is 25.7. The van der Waals surface area contributed by atoms with Crippen LogP contribution in [0.3, 0.4) is 0 Å². The first kappa shape index (κ1) is 34.9. The molecule has 1 N–H and O–H groups in total. The molecule has 10 nitrogen and oxygen atoms in total. The van der Waals surface area contributed by atoms with Crippen molar-refractivity contribution in [3.63, 3.8) is 0 Å². The van der Waals surface area contributed by atoms with E-state index in [-0.39, 0.29) is 26.4 Å². The molecule has 0 bridgehead atoms. The van der Waals surface area contributed by atoms with Crippen LogP contribution < -0.4 is 0 Å². The second-order valence-corrected chi connectivity index (χ2v) is 9.38. The number of ether oxygens (including phenoxy) is 6. The first-order valence-corrected chi connectivity index (χ1v) is 14.7. The Balaban J connectivity index is 3.28. The molecule has 0 aromatic carbocycles. The Hall–Kier alpha value is -0.130. The van der Waals surface area contributed by atoms with Crippen LogP contribution in [-0.2, 0) is 42.0 Å². The lowest BCUT2D eigenvalue weighted by atomic mass is 10.2. The molecule has 0 amide bonds. The van der Waals surface area contributed by atoms with Crippen molar-refractivity contribution in [3.05, 3.63) is 0 Å². The topological polar surface area (TPSA) is 111 Å². The maximum Gasteiger partial charge on any atom is 0.472 e. The van der Waals surface area contributed by atoms with Crippen molar-refractivity contribution in [3.8, 4) is 0 Å². The van der Waals surface area contributed by atoms with Gasteiger partial charge in [-0.15, -0.1) is 0 Å². The summed E-state index contributed by atoms with van der Waals surface area (Å²) in [6.45, 7) is 9.95. The van der Waals surface area contributed by atoms with Gasteiger partial charge in [0.05, 0.1) is 79.3 Å². The quantitative estimate of drug-likeness (QED) is 0.106. The Kier molecular flexibility index (Phi) is 28.3. The van der Waals surface area contributed by atoms with Gasteiger partial charge in [0.2, 0.25) is 0 Å². The van der Waals surface area contributed by atoms with E-state index in [0.717, 1.165) is 26.1 Å². The normalized spacial score (nSPS) is 12.0. The Morgan fingerprint density at radius 1 is 0.429 bits per heavy atom. The minimum atomic E-state index is -4.12. The molecule has 0 aromatic heterocycles. The number of hydrogen-bond acceptors (Lipinski definition) is 9. The number of hydrogen-bond donors (Lipinski definition) is 1. The van der Waals surface area contributed by atoms with E-state index < -0.39 is 7.82 Å². The standard InChI is InChI=1S/C24H51O10P/c1-3-5-7-9-11-27-13-15-29-17-19-31-21-23-33-35(25,26)34-24-22-32-20-18-30-16-14-28-12-10-8-6-4-2/h3-24H2,1-2H3,(H,25,26). The fourth-order valence-electron chi connectivity index (χ4n) is 2.81. The average molecular weight is 531 g/mol. The molecule has 0 aliphatic heterocycles. The number of phosphoric ester groups is 1. The van der Waals surface area contributed by atoms with E-state index in [1.807, 2.05) is 0 Å². The van der Waals surface area contributed by atoms with E-state index in [0.29, 0.717) is 52.9 Å². The fourth-order valence-corrected chi connectivity index (χ4v) is 3.49. The molecule has 0 fully saturated rings. The van der Waals surface area contributed by atoms with E-state index in [4.69, 9.17) is 37.5 Å². The van der Waals surface area contributed by atoms with Crippen LogP contribution in [0.15, 0.2) is 0 Å². The van der Waals surface area contributed by atoms with Gasteiger partial charge in [-0.05, 0) is 12.8 Å². The predicted molar refractivity (Wildman–Crippen MR) is 135 cm³/mol. The molecule has 0 saturated carbocycles. The van der Waals surface area contributed by atoms with Crippen LogP contribution in [0, 0.1) is 0 Å². The van der Waals surface area contributed by atoms with Gasteiger partial charge >= 0.3 is 7.82 Å². The molecular weight excluding hydrogens is 479 g/mol. The molecule has 0 atom stereocenters. The second kappa shape index (κ2) is 28.4. The fraction of sp³-hybridized carbons (Fsp3) is 1.00. The van der Waals surface area contributed by atoms with E-state index in [1.165, 1.54) is 38.5 Å². The molecule has 0 aromatic rings. The van der Waals surface area contributed by atoms with Crippen molar-refractivity contribution in [1.82, 2.24) is 0 Å². The maximum atomic E-state index is 11.8. The van der Waals surface area contributed by atoms with E-state index in [9.17, 15) is 9.46 Å². The summed E-state index contributed by atoms with van der Waals surface area (Å²) in [6.07, 6.45) is 9.53. The van der Waals surface area contributed by atoms with Gasteiger partial charge in [0.25, 0.3) is 0 Å². The highest BCUT2D eigenvalue weighted by atomic mass is 31.2. The van der Waals surface area contributed by atoms with E-state index >= 15 is 0 Å². The molecule has 0 spiro atoms. The molecule has 0 unspecified atom stereocenters. The molecule has 212 valence electrons. The van der Waals surface area contributed by atoms with Crippen LogP contribution in [0.4, 0.5) is 0 Å². The highest BCUT2D eigenvalue weighted by Crippen LogP contribution is 2.42. The number of unbranched alkanes of at least 4 members (excludes halogenated alkanes) is 6. The van der Waals surface area contributed by atoms with Crippen molar-refractivity contribution in [2.24, 2.45) is 0 Å². The zero-order valence-electron chi connectivity index (χ0n) is 22.1. The smallest absolute Gasteiger partial charge is 0.379 e. The van der Waals surface area contributed by atoms with Gasteiger partial charge in [0.1, 0.15) is 0 Å². The van der Waals surface area contributed by atoms with Crippen LogP contribution in [0.5, 0.6) is 0 Å². The Morgan fingerprint density at radius 3 is 1.03 bits per heavy atom. The summed E-state index contributed by atoms with van der Waals surface area (Å²) in [7, 11) is -4.12.